The smallest absolute Gasteiger partial charge is 0.141 e. The summed E-state index contributed by atoms with van der Waals surface area (Å²) in [6, 6.07) is 19.0. The zero-order valence-corrected chi connectivity index (χ0v) is 17.2. The first-order valence-electron chi connectivity index (χ1n) is 10.0. The highest BCUT2D eigenvalue weighted by atomic mass is 32.1. The molecule has 29 heavy (non-hydrogen) atoms. The quantitative estimate of drug-likeness (QED) is 0.436. The number of fused-ring (bicyclic) bond motifs is 1. The van der Waals surface area contributed by atoms with E-state index in [2.05, 4.69) is 63.8 Å². The largest absolute Gasteiger partial charge is 0.496 e. The van der Waals surface area contributed by atoms with Gasteiger partial charge in [0.2, 0.25) is 0 Å². The molecule has 1 aliphatic heterocycles. The topological polar surface area (TPSA) is 38.2 Å². The Kier molecular flexibility index (Phi) is 4.90. The van der Waals surface area contributed by atoms with Crippen molar-refractivity contribution < 1.29 is 4.74 Å². The van der Waals surface area contributed by atoms with Gasteiger partial charge in [0.05, 0.1) is 12.5 Å². The number of rotatable bonds is 4. The molecule has 0 unspecified atom stereocenters. The molecule has 0 aliphatic carbocycles. The van der Waals surface area contributed by atoms with Crippen molar-refractivity contribution in [1.29, 1.82) is 0 Å². The molecule has 0 saturated carbocycles. The lowest BCUT2D eigenvalue weighted by molar-refractivity contribution is 0.397. The molecule has 0 N–H and O–H groups in total. The van der Waals surface area contributed by atoms with Crippen molar-refractivity contribution in [3.63, 3.8) is 0 Å². The third kappa shape index (κ3) is 3.36. The number of thiophene rings is 1. The Morgan fingerprint density at radius 2 is 1.72 bits per heavy atom. The average Bonchev–Trinajstić information content (AvgIpc) is 3.24. The minimum Gasteiger partial charge on any atom is -0.496 e. The number of ether oxygens (including phenoxy) is 1. The second-order valence-corrected chi connectivity index (χ2v) is 8.25. The Morgan fingerprint density at radius 1 is 0.966 bits per heavy atom. The number of para-hydroxylation sites is 1. The molecular formula is C24H23N3OS. The molecule has 4 nitrogen and oxygen atoms in total. The molecule has 1 saturated heterocycles. The van der Waals surface area contributed by atoms with E-state index in [4.69, 9.17) is 9.72 Å². The van der Waals surface area contributed by atoms with Gasteiger partial charge in [0.15, 0.2) is 0 Å². The average molecular weight is 402 g/mol. The van der Waals surface area contributed by atoms with Gasteiger partial charge in [-0.15, -0.1) is 11.3 Å². The Hall–Kier alpha value is -2.92. The number of hydrogen-bond acceptors (Lipinski definition) is 5. The van der Waals surface area contributed by atoms with Gasteiger partial charge in [-0.05, 0) is 36.0 Å². The second-order valence-electron chi connectivity index (χ2n) is 7.40. The third-order valence-electron chi connectivity index (χ3n) is 5.81. The van der Waals surface area contributed by atoms with Crippen molar-refractivity contribution in [3.8, 4) is 16.9 Å². The van der Waals surface area contributed by atoms with Crippen molar-refractivity contribution >= 4 is 27.4 Å². The monoisotopic (exact) mass is 401 g/mol. The van der Waals surface area contributed by atoms with Crippen molar-refractivity contribution in [2.45, 2.75) is 18.8 Å². The number of nitrogens with zero attached hydrogens (tertiary/aromatic N) is 3. The summed E-state index contributed by atoms with van der Waals surface area (Å²) in [6.45, 7) is 1.97. The molecule has 5 rings (SSSR count). The number of benzene rings is 2. The van der Waals surface area contributed by atoms with Crippen LogP contribution in [-0.2, 0) is 0 Å². The standard InChI is InChI=1S/C24H23N3OS/c1-28-21-10-6-5-9-19(21)18-11-13-27(14-12-18)23-22-20(17-7-3-2-4-8-17)15-29-24(22)26-16-25-23/h2-10,15-16,18H,11-14H2,1H3. The van der Waals surface area contributed by atoms with Gasteiger partial charge in [0.25, 0.3) is 0 Å². The Labute approximate surface area is 174 Å². The van der Waals surface area contributed by atoms with Crippen LogP contribution in [0.1, 0.15) is 24.3 Å². The first-order valence-corrected chi connectivity index (χ1v) is 10.9. The lowest BCUT2D eigenvalue weighted by Crippen LogP contribution is -2.33. The first-order chi connectivity index (χ1) is 14.3. The second kappa shape index (κ2) is 7.84. The molecule has 3 heterocycles. The van der Waals surface area contributed by atoms with Crippen LogP contribution in [0.25, 0.3) is 21.3 Å². The maximum absolute atomic E-state index is 5.59. The molecule has 146 valence electrons. The Morgan fingerprint density at radius 3 is 2.52 bits per heavy atom. The fraction of sp³-hybridized carbons (Fsp3) is 0.250. The third-order valence-corrected chi connectivity index (χ3v) is 6.69. The Bertz CT molecular complexity index is 1120. The maximum Gasteiger partial charge on any atom is 0.141 e. The van der Waals surface area contributed by atoms with E-state index in [0.29, 0.717) is 5.92 Å². The lowest BCUT2D eigenvalue weighted by atomic mass is 9.88. The highest BCUT2D eigenvalue weighted by Gasteiger charge is 2.26. The minimum absolute atomic E-state index is 0.524. The van der Waals surface area contributed by atoms with Crippen molar-refractivity contribution in [2.24, 2.45) is 0 Å². The fourth-order valence-corrected chi connectivity index (χ4v) is 5.25. The van der Waals surface area contributed by atoms with E-state index < -0.39 is 0 Å². The summed E-state index contributed by atoms with van der Waals surface area (Å²) in [6.07, 6.45) is 3.89. The fourth-order valence-electron chi connectivity index (χ4n) is 4.34. The van der Waals surface area contributed by atoms with E-state index in [1.165, 1.54) is 22.1 Å². The van der Waals surface area contributed by atoms with Crippen LogP contribution in [0.4, 0.5) is 5.82 Å². The van der Waals surface area contributed by atoms with E-state index in [-0.39, 0.29) is 0 Å². The maximum atomic E-state index is 5.59. The van der Waals surface area contributed by atoms with Crippen molar-refractivity contribution in [1.82, 2.24) is 9.97 Å². The van der Waals surface area contributed by atoms with Gasteiger partial charge in [0, 0.05) is 24.0 Å². The van der Waals surface area contributed by atoms with Crippen molar-refractivity contribution in [3.05, 3.63) is 71.9 Å². The predicted molar refractivity (Wildman–Crippen MR) is 120 cm³/mol. The van der Waals surface area contributed by atoms with Gasteiger partial charge in [-0.3, -0.25) is 0 Å². The summed E-state index contributed by atoms with van der Waals surface area (Å²) in [5.41, 5.74) is 3.77. The highest BCUT2D eigenvalue weighted by Crippen LogP contribution is 2.40. The van der Waals surface area contributed by atoms with Crippen molar-refractivity contribution in [2.75, 3.05) is 25.1 Å². The molecule has 2 aromatic carbocycles. The zero-order chi connectivity index (χ0) is 19.6. The molecule has 1 fully saturated rings. The van der Waals surface area contributed by atoms with Crippen LogP contribution in [0.3, 0.4) is 0 Å². The number of methoxy groups -OCH3 is 1. The summed E-state index contributed by atoms with van der Waals surface area (Å²) in [4.78, 5) is 12.7. The summed E-state index contributed by atoms with van der Waals surface area (Å²) in [5.74, 6) is 2.59. The molecule has 5 heteroatoms. The predicted octanol–water partition coefficient (Wildman–Crippen LogP) is 5.75. The lowest BCUT2D eigenvalue weighted by Gasteiger charge is -2.34. The Balaban J connectivity index is 1.45. The van der Waals surface area contributed by atoms with E-state index in [0.717, 1.165) is 42.3 Å². The van der Waals surface area contributed by atoms with Crippen LogP contribution >= 0.6 is 11.3 Å². The van der Waals surface area contributed by atoms with E-state index in [1.807, 2.05) is 6.07 Å². The SMILES string of the molecule is COc1ccccc1C1CCN(c2ncnc3scc(-c4ccccc4)c23)CC1. The van der Waals surface area contributed by atoms with E-state index >= 15 is 0 Å². The molecule has 1 aliphatic rings. The number of aromatic nitrogens is 2. The molecular weight excluding hydrogens is 378 g/mol. The van der Waals surface area contributed by atoms with E-state index in [9.17, 15) is 0 Å². The van der Waals surface area contributed by atoms with Gasteiger partial charge in [0.1, 0.15) is 22.7 Å². The van der Waals surface area contributed by atoms with Crippen LogP contribution in [-0.4, -0.2) is 30.2 Å². The van der Waals surface area contributed by atoms with Gasteiger partial charge in [-0.25, -0.2) is 9.97 Å². The molecule has 0 atom stereocenters. The highest BCUT2D eigenvalue weighted by molar-refractivity contribution is 7.17. The first kappa shape index (κ1) is 18.1. The van der Waals surface area contributed by atoms with Crippen LogP contribution < -0.4 is 9.64 Å². The number of piperidine rings is 1. The van der Waals surface area contributed by atoms with Crippen LogP contribution in [0.15, 0.2) is 66.3 Å². The van der Waals surface area contributed by atoms with Gasteiger partial charge in [-0.1, -0.05) is 48.5 Å². The summed E-state index contributed by atoms with van der Waals surface area (Å²) >= 11 is 1.69. The summed E-state index contributed by atoms with van der Waals surface area (Å²) < 4.78 is 5.59. The molecule has 0 amide bonds. The summed E-state index contributed by atoms with van der Waals surface area (Å²) in [7, 11) is 1.76. The molecule has 2 aromatic heterocycles. The van der Waals surface area contributed by atoms with Crippen LogP contribution in [0.5, 0.6) is 5.75 Å². The molecule has 4 aromatic rings. The van der Waals surface area contributed by atoms with Crippen LogP contribution in [0.2, 0.25) is 0 Å². The van der Waals surface area contributed by atoms with Crippen LogP contribution in [0, 0.1) is 0 Å². The normalized spacial score (nSPS) is 15.0. The van der Waals surface area contributed by atoms with E-state index in [1.54, 1.807) is 24.8 Å². The summed E-state index contributed by atoms with van der Waals surface area (Å²) in [5, 5.41) is 3.39. The van der Waals surface area contributed by atoms with Gasteiger partial charge >= 0.3 is 0 Å². The minimum atomic E-state index is 0.524. The van der Waals surface area contributed by atoms with Gasteiger partial charge in [-0.2, -0.15) is 0 Å². The molecule has 0 spiro atoms. The van der Waals surface area contributed by atoms with Gasteiger partial charge < -0.3 is 9.64 Å². The number of hydrogen-bond donors (Lipinski definition) is 0. The number of anilines is 1. The zero-order valence-electron chi connectivity index (χ0n) is 16.4. The molecule has 0 bridgehead atoms. The molecule has 0 radical (unpaired) electrons.